The lowest BCUT2D eigenvalue weighted by atomic mass is 10.2. The lowest BCUT2D eigenvalue weighted by molar-refractivity contribution is -0.121. The van der Waals surface area contributed by atoms with Gasteiger partial charge >= 0.3 is 5.69 Å². The Kier molecular flexibility index (Phi) is 6.78. The Morgan fingerprint density at radius 2 is 1.88 bits per heavy atom. The number of hydrogen-bond acceptors (Lipinski definition) is 4. The highest BCUT2D eigenvalue weighted by Crippen LogP contribution is 2.16. The molecule has 0 aliphatic rings. The molecule has 0 radical (unpaired) electrons. The smallest absolute Gasteiger partial charge is 0.332 e. The first-order valence-electron chi connectivity index (χ1n) is 8.57. The summed E-state index contributed by atoms with van der Waals surface area (Å²) < 4.78 is 2.69. The predicted molar refractivity (Wildman–Crippen MR) is 97.8 cm³/mol. The number of hydrogen-bond donors (Lipinski definition) is 1. The van der Waals surface area contributed by atoms with E-state index in [0.717, 1.165) is 36.7 Å². The van der Waals surface area contributed by atoms with Crippen molar-refractivity contribution in [3.63, 3.8) is 0 Å². The van der Waals surface area contributed by atoms with Crippen molar-refractivity contribution >= 4 is 27.5 Å². The van der Waals surface area contributed by atoms with Gasteiger partial charge in [0.1, 0.15) is 11.4 Å². The molecule has 0 saturated carbocycles. The topological polar surface area (TPSA) is 73.1 Å². The van der Waals surface area contributed by atoms with Gasteiger partial charge in [-0.15, -0.1) is 11.3 Å². The van der Waals surface area contributed by atoms with Gasteiger partial charge in [0.15, 0.2) is 0 Å². The van der Waals surface area contributed by atoms with Crippen molar-refractivity contribution in [3.05, 3.63) is 32.3 Å². The number of rotatable bonds is 9. The third-order valence-corrected chi connectivity index (χ3v) is 4.90. The van der Waals surface area contributed by atoms with Gasteiger partial charge in [0.25, 0.3) is 5.56 Å². The fraction of sp³-hybridized carbons (Fsp3) is 0.588. The van der Waals surface area contributed by atoms with E-state index in [0.29, 0.717) is 23.3 Å². The van der Waals surface area contributed by atoms with E-state index < -0.39 is 5.69 Å². The molecule has 0 bridgehead atoms. The van der Waals surface area contributed by atoms with Gasteiger partial charge in [0, 0.05) is 13.1 Å². The Bertz CT molecular complexity index is 803. The third-order valence-electron chi connectivity index (χ3n) is 3.97. The molecule has 1 N–H and O–H groups in total. The number of nitrogens with zero attached hydrogens (tertiary/aromatic N) is 2. The van der Waals surface area contributed by atoms with Crippen LogP contribution in [0, 0.1) is 0 Å². The van der Waals surface area contributed by atoms with Crippen LogP contribution in [0.2, 0.25) is 0 Å². The van der Waals surface area contributed by atoms with Crippen LogP contribution in [0.15, 0.2) is 21.0 Å². The third kappa shape index (κ3) is 4.14. The summed E-state index contributed by atoms with van der Waals surface area (Å²) in [5.41, 5.74) is -0.773. The SMILES string of the molecule is CCCCCn1c(=O)n(CC(=O)NCCCC)c(=O)c2ccsc21. The summed E-state index contributed by atoms with van der Waals surface area (Å²) in [4.78, 5) is 38.0. The first-order valence-corrected chi connectivity index (χ1v) is 9.45. The Morgan fingerprint density at radius 3 is 2.58 bits per heavy atom. The Morgan fingerprint density at radius 1 is 1.12 bits per heavy atom. The maximum Gasteiger partial charge on any atom is 0.332 e. The molecule has 0 fully saturated rings. The summed E-state index contributed by atoms with van der Waals surface area (Å²) in [5.74, 6) is -0.294. The quantitative estimate of drug-likeness (QED) is 0.705. The zero-order valence-electron chi connectivity index (χ0n) is 14.3. The van der Waals surface area contributed by atoms with E-state index in [1.165, 1.54) is 11.3 Å². The first-order chi connectivity index (χ1) is 11.6. The number of carbonyl (C=O) groups is 1. The highest BCUT2D eigenvalue weighted by molar-refractivity contribution is 7.16. The van der Waals surface area contributed by atoms with Gasteiger partial charge in [-0.3, -0.25) is 18.7 Å². The average molecular weight is 351 g/mol. The van der Waals surface area contributed by atoms with Gasteiger partial charge < -0.3 is 5.32 Å². The molecule has 0 aromatic carbocycles. The van der Waals surface area contributed by atoms with Crippen LogP contribution in [0.3, 0.4) is 0 Å². The summed E-state index contributed by atoms with van der Waals surface area (Å²) in [5, 5.41) is 5.08. The summed E-state index contributed by atoms with van der Waals surface area (Å²) in [6.45, 7) is 5.05. The summed E-state index contributed by atoms with van der Waals surface area (Å²) in [6.07, 6.45) is 4.82. The molecule has 0 unspecified atom stereocenters. The molecule has 24 heavy (non-hydrogen) atoms. The maximum atomic E-state index is 12.7. The Hall–Kier alpha value is -1.89. The van der Waals surface area contributed by atoms with E-state index in [9.17, 15) is 14.4 Å². The molecular weight excluding hydrogens is 326 g/mol. The van der Waals surface area contributed by atoms with Crippen LogP contribution in [0.4, 0.5) is 0 Å². The lowest BCUT2D eigenvalue weighted by Gasteiger charge is -2.12. The minimum Gasteiger partial charge on any atom is -0.355 e. The molecule has 0 spiro atoms. The standard InChI is InChI=1S/C17H25N3O3S/c1-3-5-7-10-19-16-13(8-11-24-16)15(22)20(17(19)23)12-14(21)18-9-6-4-2/h8,11H,3-7,9-10,12H2,1-2H3,(H,18,21). The van der Waals surface area contributed by atoms with Gasteiger partial charge in [-0.05, 0) is 24.3 Å². The highest BCUT2D eigenvalue weighted by atomic mass is 32.1. The van der Waals surface area contributed by atoms with Gasteiger partial charge in [-0.25, -0.2) is 4.79 Å². The van der Waals surface area contributed by atoms with Crippen LogP contribution in [-0.2, 0) is 17.9 Å². The second kappa shape index (κ2) is 8.82. The van der Waals surface area contributed by atoms with Crippen LogP contribution in [0.25, 0.3) is 10.2 Å². The van der Waals surface area contributed by atoms with Crippen LogP contribution in [-0.4, -0.2) is 21.6 Å². The molecule has 0 saturated heterocycles. The summed E-state index contributed by atoms with van der Waals surface area (Å²) >= 11 is 1.39. The monoisotopic (exact) mass is 351 g/mol. The zero-order chi connectivity index (χ0) is 17.5. The molecule has 2 heterocycles. The summed E-state index contributed by atoms with van der Waals surface area (Å²) in [6, 6.07) is 1.73. The number of amides is 1. The zero-order valence-corrected chi connectivity index (χ0v) is 15.2. The fourth-order valence-corrected chi connectivity index (χ4v) is 3.51. The number of carbonyl (C=O) groups excluding carboxylic acids is 1. The molecule has 0 aliphatic carbocycles. The minimum absolute atomic E-state index is 0.221. The Balaban J connectivity index is 2.33. The van der Waals surface area contributed by atoms with E-state index in [-0.39, 0.29) is 18.0 Å². The van der Waals surface area contributed by atoms with Crippen molar-refractivity contribution in [2.24, 2.45) is 0 Å². The van der Waals surface area contributed by atoms with Crippen LogP contribution in [0.5, 0.6) is 0 Å². The minimum atomic E-state index is -0.392. The van der Waals surface area contributed by atoms with E-state index in [2.05, 4.69) is 12.2 Å². The molecule has 2 rings (SSSR count). The molecule has 132 valence electrons. The van der Waals surface area contributed by atoms with Gasteiger partial charge in [-0.1, -0.05) is 33.1 Å². The lowest BCUT2D eigenvalue weighted by Crippen LogP contribution is -2.43. The van der Waals surface area contributed by atoms with Crippen molar-refractivity contribution < 1.29 is 4.79 Å². The number of aryl methyl sites for hydroxylation is 1. The first kappa shape index (κ1) is 18.4. The van der Waals surface area contributed by atoms with Crippen LogP contribution in [0.1, 0.15) is 46.0 Å². The molecule has 7 heteroatoms. The molecule has 0 atom stereocenters. The van der Waals surface area contributed by atoms with E-state index in [1.807, 2.05) is 12.3 Å². The second-order valence-corrected chi connectivity index (χ2v) is 6.77. The molecular formula is C17H25N3O3S. The van der Waals surface area contributed by atoms with Gasteiger partial charge in [0.05, 0.1) is 5.39 Å². The number of unbranched alkanes of at least 4 members (excludes halogenated alkanes) is 3. The second-order valence-electron chi connectivity index (χ2n) is 5.88. The van der Waals surface area contributed by atoms with Crippen molar-refractivity contribution in [1.29, 1.82) is 0 Å². The average Bonchev–Trinajstić information content (AvgIpc) is 3.04. The van der Waals surface area contributed by atoms with Crippen molar-refractivity contribution in [2.75, 3.05) is 6.54 Å². The molecule has 2 aromatic rings. The molecule has 2 aromatic heterocycles. The molecule has 0 aliphatic heterocycles. The van der Waals surface area contributed by atoms with E-state index in [4.69, 9.17) is 0 Å². The van der Waals surface area contributed by atoms with E-state index >= 15 is 0 Å². The normalized spacial score (nSPS) is 11.1. The number of fused-ring (bicyclic) bond motifs is 1. The van der Waals surface area contributed by atoms with Crippen LogP contribution >= 0.6 is 11.3 Å². The number of aromatic nitrogens is 2. The predicted octanol–water partition coefficient (Wildman–Crippen LogP) is 2.33. The maximum absolute atomic E-state index is 12.7. The fourth-order valence-electron chi connectivity index (χ4n) is 2.60. The summed E-state index contributed by atoms with van der Waals surface area (Å²) in [7, 11) is 0. The Labute approximate surface area is 145 Å². The van der Waals surface area contributed by atoms with Crippen molar-refractivity contribution in [1.82, 2.24) is 14.5 Å². The number of thiophene rings is 1. The van der Waals surface area contributed by atoms with E-state index in [1.54, 1.807) is 10.6 Å². The van der Waals surface area contributed by atoms with Gasteiger partial charge in [0.2, 0.25) is 5.91 Å². The van der Waals surface area contributed by atoms with Gasteiger partial charge in [-0.2, -0.15) is 0 Å². The van der Waals surface area contributed by atoms with Crippen molar-refractivity contribution in [3.8, 4) is 0 Å². The largest absolute Gasteiger partial charge is 0.355 e. The number of nitrogens with one attached hydrogen (secondary N) is 1. The van der Waals surface area contributed by atoms with Crippen LogP contribution < -0.4 is 16.6 Å². The van der Waals surface area contributed by atoms with Crippen molar-refractivity contribution in [2.45, 2.75) is 59.0 Å². The highest BCUT2D eigenvalue weighted by Gasteiger charge is 2.16. The molecule has 1 amide bonds. The molecule has 6 nitrogen and oxygen atoms in total.